The number of benzene rings is 2. The van der Waals surface area contributed by atoms with E-state index in [1.807, 2.05) is 45.2 Å². The second-order valence-electron chi connectivity index (χ2n) is 13.0. The third kappa shape index (κ3) is 4.41. The maximum absolute atomic E-state index is 13.3. The summed E-state index contributed by atoms with van der Waals surface area (Å²) in [5.74, 6) is 7.41. The number of ketones is 1. The summed E-state index contributed by atoms with van der Waals surface area (Å²) >= 11 is 0. The minimum absolute atomic E-state index is 0.0260. The van der Waals surface area contributed by atoms with Crippen molar-refractivity contribution in [1.29, 1.82) is 0 Å². The summed E-state index contributed by atoms with van der Waals surface area (Å²) in [5.41, 5.74) is 7.87. The number of carbonyl (C=O) groups excluding carboxylic acids is 2. The summed E-state index contributed by atoms with van der Waals surface area (Å²) in [6, 6.07) is 14.3. The molecule has 0 heterocycles. The van der Waals surface area contributed by atoms with Gasteiger partial charge in [-0.3, -0.25) is 9.59 Å². The fraction of sp³-hybridized carbons (Fsp3) is 0.459. The van der Waals surface area contributed by atoms with Gasteiger partial charge in [0, 0.05) is 36.1 Å². The normalized spacial score (nSPS) is 30.4. The third-order valence-electron chi connectivity index (χ3n) is 11.0. The summed E-state index contributed by atoms with van der Waals surface area (Å²) < 4.78 is 0. The number of carbonyl (C=O) groups is 2. The van der Waals surface area contributed by atoms with Gasteiger partial charge in [0.25, 0.3) is 5.91 Å². The Hall–Kier alpha value is -3.42. The van der Waals surface area contributed by atoms with Crippen LogP contribution >= 0.6 is 0 Å². The maximum atomic E-state index is 13.3. The van der Waals surface area contributed by atoms with E-state index in [0.717, 1.165) is 43.4 Å². The standard InChI is InChI=1S/C37H41NO3/c1-6-18-37(41)19-17-33-31-15-11-26-21-29(39)14-16-30(26)34(31)32(22-36(33,37)4)25-9-12-28(13-10-25)38(5)35(40)27-8-7-23(2)24(3)20-27/h7-10,12-13,20-21,31-33,41H,11,14-17,19,22H2,1-5H3/t31-,32+,33-,36-,37-/m0/s1. The first-order valence-corrected chi connectivity index (χ1v) is 15.1. The van der Waals surface area contributed by atoms with E-state index in [1.54, 1.807) is 4.90 Å². The fourth-order valence-electron chi connectivity index (χ4n) is 8.49. The van der Waals surface area contributed by atoms with E-state index in [-0.39, 0.29) is 23.0 Å². The number of anilines is 1. The van der Waals surface area contributed by atoms with Crippen molar-refractivity contribution >= 4 is 17.4 Å². The van der Waals surface area contributed by atoms with Crippen LogP contribution in [0.2, 0.25) is 0 Å². The van der Waals surface area contributed by atoms with Gasteiger partial charge in [-0.15, -0.1) is 5.92 Å². The molecule has 2 aromatic carbocycles. The van der Waals surface area contributed by atoms with E-state index < -0.39 is 5.60 Å². The van der Waals surface area contributed by atoms with E-state index >= 15 is 0 Å². The van der Waals surface area contributed by atoms with Crippen LogP contribution in [0.1, 0.15) is 91.8 Å². The Morgan fingerprint density at radius 1 is 1.02 bits per heavy atom. The third-order valence-corrected chi connectivity index (χ3v) is 11.0. The zero-order chi connectivity index (χ0) is 29.1. The van der Waals surface area contributed by atoms with Crippen molar-refractivity contribution in [1.82, 2.24) is 0 Å². The fourth-order valence-corrected chi connectivity index (χ4v) is 8.49. The van der Waals surface area contributed by atoms with Crippen LogP contribution in [0, 0.1) is 42.9 Å². The smallest absolute Gasteiger partial charge is 0.258 e. The number of hydrogen-bond acceptors (Lipinski definition) is 3. The topological polar surface area (TPSA) is 57.6 Å². The van der Waals surface area contributed by atoms with Gasteiger partial charge in [-0.2, -0.15) is 0 Å². The number of amides is 1. The lowest BCUT2D eigenvalue weighted by molar-refractivity contribution is -0.114. The molecule has 4 heteroatoms. The molecule has 41 heavy (non-hydrogen) atoms. The quantitative estimate of drug-likeness (QED) is 0.412. The maximum Gasteiger partial charge on any atom is 0.258 e. The Morgan fingerprint density at radius 2 is 1.78 bits per heavy atom. The van der Waals surface area contributed by atoms with Crippen molar-refractivity contribution in [3.05, 3.63) is 87.5 Å². The van der Waals surface area contributed by atoms with E-state index in [1.165, 1.54) is 27.8 Å². The summed E-state index contributed by atoms with van der Waals surface area (Å²) in [6.07, 6.45) is 7.80. The second kappa shape index (κ2) is 10.1. The molecule has 0 radical (unpaired) electrons. The lowest BCUT2D eigenvalue weighted by Crippen LogP contribution is -2.51. The average molecular weight is 548 g/mol. The highest BCUT2D eigenvalue weighted by Crippen LogP contribution is 2.66. The van der Waals surface area contributed by atoms with E-state index in [2.05, 4.69) is 50.0 Å². The molecular weight excluding hydrogens is 506 g/mol. The van der Waals surface area contributed by atoms with Gasteiger partial charge >= 0.3 is 0 Å². The van der Waals surface area contributed by atoms with Gasteiger partial charge in [0.05, 0.1) is 0 Å². The molecule has 0 spiro atoms. The van der Waals surface area contributed by atoms with Crippen LogP contribution in [-0.2, 0) is 4.79 Å². The highest BCUT2D eigenvalue weighted by molar-refractivity contribution is 6.05. The molecule has 1 amide bonds. The van der Waals surface area contributed by atoms with E-state index in [0.29, 0.717) is 30.2 Å². The van der Waals surface area contributed by atoms with Crippen LogP contribution in [0.5, 0.6) is 0 Å². The second-order valence-corrected chi connectivity index (χ2v) is 13.0. The summed E-state index contributed by atoms with van der Waals surface area (Å²) in [5, 5.41) is 11.9. The number of allylic oxidation sites excluding steroid dienone is 4. The predicted molar refractivity (Wildman–Crippen MR) is 164 cm³/mol. The zero-order valence-electron chi connectivity index (χ0n) is 25.0. The number of fused-ring (bicyclic) bond motifs is 4. The monoisotopic (exact) mass is 547 g/mol. The van der Waals surface area contributed by atoms with Crippen molar-refractivity contribution in [2.45, 2.75) is 84.2 Å². The number of hydrogen-bond donors (Lipinski definition) is 1. The molecular formula is C37H41NO3. The van der Waals surface area contributed by atoms with E-state index in [9.17, 15) is 14.7 Å². The van der Waals surface area contributed by atoms with Gasteiger partial charge in [-0.05, 0) is 129 Å². The van der Waals surface area contributed by atoms with Crippen LogP contribution in [-0.4, -0.2) is 29.4 Å². The highest BCUT2D eigenvalue weighted by atomic mass is 16.3. The lowest BCUT2D eigenvalue weighted by Gasteiger charge is -2.53. The van der Waals surface area contributed by atoms with Gasteiger partial charge < -0.3 is 10.0 Å². The molecule has 5 atom stereocenters. The minimum atomic E-state index is -0.988. The molecule has 0 saturated heterocycles. The number of aliphatic hydroxyl groups is 1. The van der Waals surface area contributed by atoms with Gasteiger partial charge in [-0.25, -0.2) is 0 Å². The van der Waals surface area contributed by atoms with Crippen molar-refractivity contribution in [2.24, 2.45) is 17.3 Å². The molecule has 2 aromatic rings. The summed E-state index contributed by atoms with van der Waals surface area (Å²) in [6.45, 7) is 8.18. The molecule has 0 aliphatic heterocycles. The van der Waals surface area contributed by atoms with Gasteiger partial charge in [-0.1, -0.05) is 36.6 Å². The van der Waals surface area contributed by atoms with Crippen molar-refractivity contribution in [3.8, 4) is 11.8 Å². The van der Waals surface area contributed by atoms with Crippen molar-refractivity contribution < 1.29 is 14.7 Å². The van der Waals surface area contributed by atoms with Crippen molar-refractivity contribution in [3.63, 3.8) is 0 Å². The molecule has 6 rings (SSSR count). The Balaban J connectivity index is 1.39. The van der Waals surface area contributed by atoms with Crippen LogP contribution < -0.4 is 4.90 Å². The molecule has 0 bridgehead atoms. The molecule has 1 N–H and O–H groups in total. The molecule has 0 aromatic heterocycles. The van der Waals surface area contributed by atoms with Gasteiger partial charge in [0.1, 0.15) is 5.60 Å². The Labute approximate surface area is 244 Å². The number of rotatable bonds is 3. The molecule has 4 aliphatic rings. The number of aryl methyl sites for hydroxylation is 2. The van der Waals surface area contributed by atoms with Crippen LogP contribution in [0.15, 0.2) is 65.3 Å². The van der Waals surface area contributed by atoms with Crippen LogP contribution in [0.25, 0.3) is 0 Å². The SMILES string of the molecule is CC#C[C@]1(O)CC[C@H]2[C@@H]3CCC4=CC(=O)CCC4=C3[C@@H](c3ccc(N(C)C(=O)c4ccc(C)c(C)c4)cc3)C[C@@]21C. The average Bonchev–Trinajstić information content (AvgIpc) is 3.23. The molecule has 2 saturated carbocycles. The highest BCUT2D eigenvalue weighted by Gasteiger charge is 2.62. The first-order valence-electron chi connectivity index (χ1n) is 15.1. The molecule has 4 nitrogen and oxygen atoms in total. The predicted octanol–water partition coefficient (Wildman–Crippen LogP) is 7.23. The van der Waals surface area contributed by atoms with Crippen LogP contribution in [0.4, 0.5) is 5.69 Å². The molecule has 0 unspecified atom stereocenters. The van der Waals surface area contributed by atoms with Crippen LogP contribution in [0.3, 0.4) is 0 Å². The first-order chi connectivity index (χ1) is 19.6. The molecule has 212 valence electrons. The zero-order valence-corrected chi connectivity index (χ0v) is 25.0. The summed E-state index contributed by atoms with van der Waals surface area (Å²) in [4.78, 5) is 27.4. The van der Waals surface area contributed by atoms with E-state index in [4.69, 9.17) is 0 Å². The lowest BCUT2D eigenvalue weighted by atomic mass is 9.51. The molecule has 4 aliphatic carbocycles. The van der Waals surface area contributed by atoms with Gasteiger partial charge in [0.15, 0.2) is 5.78 Å². The van der Waals surface area contributed by atoms with Gasteiger partial charge in [0.2, 0.25) is 0 Å². The van der Waals surface area contributed by atoms with Crippen molar-refractivity contribution in [2.75, 3.05) is 11.9 Å². The Kier molecular flexibility index (Phi) is 6.86. The Bertz CT molecular complexity index is 1550. The largest absolute Gasteiger partial charge is 0.377 e. The Morgan fingerprint density at radius 3 is 2.49 bits per heavy atom. The molecule has 2 fully saturated rings. The first kappa shape index (κ1) is 27.7. The minimum Gasteiger partial charge on any atom is -0.377 e. The summed E-state index contributed by atoms with van der Waals surface area (Å²) in [7, 11) is 1.83. The number of nitrogens with zero attached hydrogens (tertiary/aromatic N) is 1.